The third-order valence-electron chi connectivity index (χ3n) is 2.74. The second-order valence-electron chi connectivity index (χ2n) is 4.19. The van der Waals surface area contributed by atoms with Crippen molar-refractivity contribution in [1.82, 2.24) is 5.32 Å². The van der Waals surface area contributed by atoms with Crippen molar-refractivity contribution in [1.29, 1.82) is 0 Å². The molecule has 1 aromatic carbocycles. The number of amides is 1. The van der Waals surface area contributed by atoms with E-state index in [1.807, 2.05) is 0 Å². The van der Waals surface area contributed by atoms with Crippen LogP contribution in [0.1, 0.15) is 12.8 Å². The molecule has 17 heavy (non-hydrogen) atoms. The van der Waals surface area contributed by atoms with E-state index >= 15 is 0 Å². The number of hydrogen-bond donors (Lipinski definition) is 3. The van der Waals surface area contributed by atoms with Crippen molar-refractivity contribution in [3.05, 3.63) is 24.0 Å². The Hall–Kier alpha value is -1.78. The van der Waals surface area contributed by atoms with Crippen LogP contribution in [0.25, 0.3) is 0 Å². The van der Waals surface area contributed by atoms with Crippen LogP contribution in [0.5, 0.6) is 0 Å². The molecule has 0 spiro atoms. The molecule has 4 nitrogen and oxygen atoms in total. The number of halogens is 1. The predicted octanol–water partition coefficient (Wildman–Crippen LogP) is 1.35. The Bertz CT molecular complexity index is 418. The lowest BCUT2D eigenvalue weighted by Crippen LogP contribution is -2.29. The van der Waals surface area contributed by atoms with Gasteiger partial charge in [0.2, 0.25) is 5.91 Å². The van der Waals surface area contributed by atoms with Gasteiger partial charge in [-0.05, 0) is 25.0 Å². The van der Waals surface area contributed by atoms with Gasteiger partial charge in [0.1, 0.15) is 5.82 Å². The zero-order chi connectivity index (χ0) is 12.3. The van der Waals surface area contributed by atoms with E-state index in [0.717, 1.165) is 12.8 Å². The fourth-order valence-corrected chi connectivity index (χ4v) is 1.56. The molecule has 5 heteroatoms. The van der Waals surface area contributed by atoms with Crippen LogP contribution in [0.15, 0.2) is 18.2 Å². The van der Waals surface area contributed by atoms with Gasteiger partial charge >= 0.3 is 0 Å². The first kappa shape index (κ1) is 11.7. The fraction of sp³-hybridized carbons (Fsp3) is 0.417. The lowest BCUT2D eigenvalue weighted by atomic mass is 10.2. The van der Waals surface area contributed by atoms with Crippen molar-refractivity contribution in [2.75, 3.05) is 24.1 Å². The van der Waals surface area contributed by atoms with Gasteiger partial charge in [0.25, 0.3) is 0 Å². The second kappa shape index (κ2) is 5.03. The second-order valence-corrected chi connectivity index (χ2v) is 4.19. The highest BCUT2D eigenvalue weighted by molar-refractivity contribution is 5.80. The molecule has 0 saturated heterocycles. The Morgan fingerprint density at radius 2 is 2.18 bits per heavy atom. The van der Waals surface area contributed by atoms with Crippen molar-refractivity contribution in [3.63, 3.8) is 0 Å². The fourth-order valence-electron chi connectivity index (χ4n) is 1.56. The molecule has 1 amide bonds. The zero-order valence-electron chi connectivity index (χ0n) is 9.50. The van der Waals surface area contributed by atoms with Crippen LogP contribution < -0.4 is 16.4 Å². The number of carbonyl (C=O) groups is 1. The molecule has 0 aliphatic heterocycles. The highest BCUT2D eigenvalue weighted by Crippen LogP contribution is 2.28. The number of anilines is 2. The van der Waals surface area contributed by atoms with Gasteiger partial charge in [-0.2, -0.15) is 0 Å². The summed E-state index contributed by atoms with van der Waals surface area (Å²) in [6.45, 7) is 1.05. The van der Waals surface area contributed by atoms with Crippen LogP contribution in [-0.4, -0.2) is 19.0 Å². The standard InChI is InChI=1S/C12H16FN3O/c13-9-2-1-3-10(11(9)14)15-6-7-16-12(17)8-4-5-8/h1-3,8,15H,4-7,14H2,(H,16,17). The molecule has 1 aliphatic carbocycles. The van der Waals surface area contributed by atoms with Gasteiger partial charge in [-0.3, -0.25) is 4.79 Å². The minimum atomic E-state index is -0.433. The van der Waals surface area contributed by atoms with E-state index in [4.69, 9.17) is 5.73 Å². The van der Waals surface area contributed by atoms with Gasteiger partial charge in [0.05, 0.1) is 11.4 Å². The van der Waals surface area contributed by atoms with E-state index < -0.39 is 5.82 Å². The topological polar surface area (TPSA) is 67.2 Å². The average Bonchev–Trinajstić information content (AvgIpc) is 3.13. The number of nitrogens with two attached hydrogens (primary N) is 1. The number of benzene rings is 1. The summed E-state index contributed by atoms with van der Waals surface area (Å²) in [6.07, 6.45) is 1.99. The Labute approximate surface area is 99.4 Å². The summed E-state index contributed by atoms with van der Waals surface area (Å²) in [5, 5.41) is 5.80. The molecule has 2 rings (SSSR count). The first-order valence-electron chi connectivity index (χ1n) is 5.74. The maximum absolute atomic E-state index is 13.1. The van der Waals surface area contributed by atoms with Gasteiger partial charge in [-0.25, -0.2) is 4.39 Å². The van der Waals surface area contributed by atoms with Crippen molar-refractivity contribution in [2.24, 2.45) is 5.92 Å². The van der Waals surface area contributed by atoms with Crippen LogP contribution in [0.3, 0.4) is 0 Å². The predicted molar refractivity (Wildman–Crippen MR) is 65.0 cm³/mol. The van der Waals surface area contributed by atoms with Crippen molar-refractivity contribution >= 4 is 17.3 Å². The molecule has 0 bridgehead atoms. The molecule has 1 aromatic rings. The summed E-state index contributed by atoms with van der Waals surface area (Å²) in [5.74, 6) is -0.106. The van der Waals surface area contributed by atoms with E-state index in [1.54, 1.807) is 12.1 Å². The molecule has 1 aliphatic rings. The van der Waals surface area contributed by atoms with Gasteiger partial charge in [0, 0.05) is 19.0 Å². The van der Waals surface area contributed by atoms with Crippen molar-refractivity contribution < 1.29 is 9.18 Å². The molecular formula is C12H16FN3O. The Kier molecular flexibility index (Phi) is 3.46. The first-order valence-corrected chi connectivity index (χ1v) is 5.74. The molecule has 0 radical (unpaired) electrons. The van der Waals surface area contributed by atoms with Gasteiger partial charge in [-0.15, -0.1) is 0 Å². The Morgan fingerprint density at radius 3 is 2.88 bits per heavy atom. The summed E-state index contributed by atoms with van der Waals surface area (Å²) in [4.78, 5) is 11.3. The number of para-hydroxylation sites is 1. The number of rotatable bonds is 5. The van der Waals surface area contributed by atoms with Crippen molar-refractivity contribution in [3.8, 4) is 0 Å². The largest absolute Gasteiger partial charge is 0.395 e. The minimum Gasteiger partial charge on any atom is -0.395 e. The Balaban J connectivity index is 1.74. The number of nitrogens with one attached hydrogen (secondary N) is 2. The quantitative estimate of drug-likeness (QED) is 0.535. The summed E-state index contributed by atoms with van der Waals surface area (Å²) in [5.41, 5.74) is 6.23. The van der Waals surface area contributed by atoms with Gasteiger partial charge < -0.3 is 16.4 Å². The van der Waals surface area contributed by atoms with Gasteiger partial charge in [0.15, 0.2) is 0 Å². The average molecular weight is 237 g/mol. The summed E-state index contributed by atoms with van der Waals surface area (Å²) in [7, 11) is 0. The molecule has 0 heterocycles. The molecule has 0 unspecified atom stereocenters. The summed E-state index contributed by atoms with van der Waals surface area (Å²) >= 11 is 0. The third kappa shape index (κ3) is 3.09. The van der Waals surface area contributed by atoms with Crippen LogP contribution in [-0.2, 0) is 4.79 Å². The summed E-state index contributed by atoms with van der Waals surface area (Å²) < 4.78 is 13.1. The number of nitrogen functional groups attached to an aromatic ring is 1. The maximum Gasteiger partial charge on any atom is 0.223 e. The van der Waals surface area contributed by atoms with Gasteiger partial charge in [-0.1, -0.05) is 6.07 Å². The molecule has 1 saturated carbocycles. The molecule has 1 fully saturated rings. The maximum atomic E-state index is 13.1. The molecule has 0 atom stereocenters. The summed E-state index contributed by atoms with van der Waals surface area (Å²) in [6, 6.07) is 4.62. The van der Waals surface area contributed by atoms with E-state index in [2.05, 4.69) is 10.6 Å². The van der Waals surface area contributed by atoms with Crippen LogP contribution in [0, 0.1) is 11.7 Å². The SMILES string of the molecule is Nc1c(F)cccc1NCCNC(=O)C1CC1. The monoisotopic (exact) mass is 237 g/mol. The molecule has 92 valence electrons. The molecule has 0 aromatic heterocycles. The number of carbonyl (C=O) groups excluding carboxylic acids is 1. The van der Waals surface area contributed by atoms with Crippen LogP contribution in [0.4, 0.5) is 15.8 Å². The zero-order valence-corrected chi connectivity index (χ0v) is 9.50. The normalized spacial score (nSPS) is 14.4. The van der Waals surface area contributed by atoms with Crippen LogP contribution >= 0.6 is 0 Å². The van der Waals surface area contributed by atoms with Crippen molar-refractivity contribution in [2.45, 2.75) is 12.8 Å². The smallest absolute Gasteiger partial charge is 0.223 e. The number of hydrogen-bond acceptors (Lipinski definition) is 3. The highest BCUT2D eigenvalue weighted by Gasteiger charge is 2.28. The lowest BCUT2D eigenvalue weighted by Gasteiger charge is -2.10. The van der Waals surface area contributed by atoms with Crippen LogP contribution in [0.2, 0.25) is 0 Å². The van der Waals surface area contributed by atoms with E-state index in [9.17, 15) is 9.18 Å². The van der Waals surface area contributed by atoms with E-state index in [-0.39, 0.29) is 17.5 Å². The third-order valence-corrected chi connectivity index (χ3v) is 2.74. The Morgan fingerprint density at radius 1 is 1.41 bits per heavy atom. The first-order chi connectivity index (χ1) is 8.18. The molecule has 4 N–H and O–H groups in total. The van der Waals surface area contributed by atoms with E-state index in [0.29, 0.717) is 18.8 Å². The minimum absolute atomic E-state index is 0.110. The highest BCUT2D eigenvalue weighted by atomic mass is 19.1. The van der Waals surface area contributed by atoms with E-state index in [1.165, 1.54) is 6.07 Å². The molecular weight excluding hydrogens is 221 g/mol. The lowest BCUT2D eigenvalue weighted by molar-refractivity contribution is -0.122.